The lowest BCUT2D eigenvalue weighted by Crippen LogP contribution is -2.34. The van der Waals surface area contributed by atoms with Crippen molar-refractivity contribution in [1.29, 1.82) is 0 Å². The van der Waals surface area contributed by atoms with Crippen molar-refractivity contribution >= 4 is 6.01 Å². The van der Waals surface area contributed by atoms with E-state index in [9.17, 15) is 0 Å². The van der Waals surface area contributed by atoms with Crippen LogP contribution in [-0.4, -0.2) is 55.0 Å². The molecule has 1 aliphatic heterocycles. The topological polar surface area (TPSA) is 108 Å². The van der Waals surface area contributed by atoms with Crippen molar-refractivity contribution < 1.29 is 9.26 Å². The molecule has 1 saturated heterocycles. The molecule has 2 aliphatic rings. The van der Waals surface area contributed by atoms with Gasteiger partial charge in [-0.2, -0.15) is 9.67 Å². The summed E-state index contributed by atoms with van der Waals surface area (Å²) in [5, 5.41) is 15.2. The second kappa shape index (κ2) is 8.99. The van der Waals surface area contributed by atoms with Crippen LogP contribution in [0.25, 0.3) is 5.69 Å². The zero-order valence-electron chi connectivity index (χ0n) is 17.8. The molecule has 0 spiro atoms. The molecule has 3 aromatic heterocycles. The molecule has 3 aromatic rings. The second-order valence-corrected chi connectivity index (χ2v) is 8.47. The lowest BCUT2D eigenvalue weighted by molar-refractivity contribution is 0.274. The molecule has 1 aliphatic carbocycles. The van der Waals surface area contributed by atoms with E-state index in [-0.39, 0.29) is 0 Å². The third kappa shape index (κ3) is 4.67. The molecule has 1 saturated carbocycles. The molecule has 0 amide bonds. The SMILES string of the molecule is CCCc1noc(N2CCC([C@H]3C[C@H]3CCOc3ccc(-n4cnnn4)cn3)CC2)n1. The van der Waals surface area contributed by atoms with Gasteiger partial charge in [-0.25, -0.2) is 4.98 Å². The highest BCUT2D eigenvalue weighted by atomic mass is 16.5. The fourth-order valence-corrected chi connectivity index (χ4v) is 4.59. The molecule has 10 nitrogen and oxygen atoms in total. The van der Waals surface area contributed by atoms with Gasteiger partial charge in [-0.15, -0.1) is 5.10 Å². The van der Waals surface area contributed by atoms with Gasteiger partial charge in [-0.05, 0) is 66.4 Å². The maximum Gasteiger partial charge on any atom is 0.324 e. The Hall–Kier alpha value is -3.04. The summed E-state index contributed by atoms with van der Waals surface area (Å²) in [6, 6.07) is 4.46. The molecule has 0 bridgehead atoms. The molecule has 164 valence electrons. The fourth-order valence-electron chi connectivity index (χ4n) is 4.59. The average molecular weight is 425 g/mol. The summed E-state index contributed by atoms with van der Waals surface area (Å²) in [6.45, 7) is 4.86. The van der Waals surface area contributed by atoms with E-state index in [1.807, 2.05) is 12.1 Å². The van der Waals surface area contributed by atoms with E-state index in [2.05, 4.69) is 42.5 Å². The highest BCUT2D eigenvalue weighted by Gasteiger charge is 2.43. The van der Waals surface area contributed by atoms with Crippen LogP contribution in [0.2, 0.25) is 0 Å². The molecule has 2 atom stereocenters. The minimum Gasteiger partial charge on any atom is -0.478 e. The van der Waals surface area contributed by atoms with Crippen LogP contribution in [0.4, 0.5) is 6.01 Å². The van der Waals surface area contributed by atoms with Gasteiger partial charge in [0.05, 0.1) is 18.5 Å². The molecule has 0 radical (unpaired) electrons. The first-order valence-corrected chi connectivity index (χ1v) is 11.2. The molecular formula is C21H28N8O2. The van der Waals surface area contributed by atoms with Gasteiger partial charge in [-0.3, -0.25) is 0 Å². The Morgan fingerprint density at radius 2 is 2.13 bits per heavy atom. The first-order valence-electron chi connectivity index (χ1n) is 11.2. The molecule has 31 heavy (non-hydrogen) atoms. The lowest BCUT2D eigenvalue weighted by Gasteiger charge is -2.30. The quantitative estimate of drug-likeness (QED) is 0.512. The van der Waals surface area contributed by atoms with Crippen molar-refractivity contribution in [2.24, 2.45) is 17.8 Å². The van der Waals surface area contributed by atoms with Crippen molar-refractivity contribution in [3.05, 3.63) is 30.5 Å². The minimum absolute atomic E-state index is 0.643. The van der Waals surface area contributed by atoms with Crippen LogP contribution in [0.3, 0.4) is 0 Å². The van der Waals surface area contributed by atoms with E-state index < -0.39 is 0 Å². The Kier molecular flexibility index (Phi) is 5.77. The Morgan fingerprint density at radius 3 is 2.87 bits per heavy atom. The van der Waals surface area contributed by atoms with E-state index in [4.69, 9.17) is 9.26 Å². The maximum absolute atomic E-state index is 5.85. The number of ether oxygens (including phenoxy) is 1. The number of rotatable bonds is 9. The molecule has 0 N–H and O–H groups in total. The van der Waals surface area contributed by atoms with Gasteiger partial charge in [0, 0.05) is 25.6 Å². The van der Waals surface area contributed by atoms with Crippen molar-refractivity contribution in [3.8, 4) is 11.6 Å². The first kappa shape index (κ1) is 19.9. The number of hydrogen-bond donors (Lipinski definition) is 0. The predicted octanol–water partition coefficient (Wildman–Crippen LogP) is 2.71. The van der Waals surface area contributed by atoms with Crippen molar-refractivity contribution in [1.82, 2.24) is 35.3 Å². The highest BCUT2D eigenvalue weighted by molar-refractivity contribution is 5.29. The Labute approximate surface area is 181 Å². The monoisotopic (exact) mass is 424 g/mol. The standard InChI is InChI=1S/C21H28N8O2/c1-2-3-19-24-21(31-25-19)28-9-6-15(7-10-28)18-12-16(18)8-11-30-20-5-4-17(13-22-20)29-14-23-26-27-29/h4-5,13-16,18H,2-3,6-12H2,1H3/t16-,18-/m1/s1. The number of tetrazole rings is 1. The number of aromatic nitrogens is 7. The molecule has 5 rings (SSSR count). The Morgan fingerprint density at radius 1 is 1.23 bits per heavy atom. The maximum atomic E-state index is 5.85. The normalized spacial score (nSPS) is 21.4. The fraction of sp³-hybridized carbons (Fsp3) is 0.619. The number of pyridine rings is 1. The first-order chi connectivity index (χ1) is 15.3. The van der Waals surface area contributed by atoms with Crippen LogP contribution in [-0.2, 0) is 6.42 Å². The van der Waals surface area contributed by atoms with Crippen molar-refractivity contribution in [3.63, 3.8) is 0 Å². The van der Waals surface area contributed by atoms with Crippen LogP contribution in [0.15, 0.2) is 29.2 Å². The summed E-state index contributed by atoms with van der Waals surface area (Å²) in [5.41, 5.74) is 0.813. The van der Waals surface area contributed by atoms with Crippen molar-refractivity contribution in [2.45, 2.75) is 45.4 Å². The Balaban J connectivity index is 1.02. The zero-order chi connectivity index (χ0) is 21.0. The lowest BCUT2D eigenvalue weighted by atomic mass is 9.91. The van der Waals surface area contributed by atoms with Gasteiger partial charge in [0.25, 0.3) is 0 Å². The molecule has 10 heteroatoms. The predicted molar refractivity (Wildman–Crippen MR) is 112 cm³/mol. The van der Waals surface area contributed by atoms with Gasteiger partial charge in [0.2, 0.25) is 5.88 Å². The van der Waals surface area contributed by atoms with E-state index in [0.717, 1.165) is 61.6 Å². The number of hydrogen-bond acceptors (Lipinski definition) is 9. The Bertz CT molecular complexity index is 950. The molecule has 0 unspecified atom stereocenters. The van der Waals surface area contributed by atoms with E-state index in [0.29, 0.717) is 18.5 Å². The van der Waals surface area contributed by atoms with Gasteiger partial charge in [0.1, 0.15) is 6.33 Å². The third-order valence-corrected chi connectivity index (χ3v) is 6.40. The van der Waals surface area contributed by atoms with Crippen LogP contribution < -0.4 is 9.64 Å². The second-order valence-electron chi connectivity index (χ2n) is 8.47. The largest absolute Gasteiger partial charge is 0.478 e. The van der Waals surface area contributed by atoms with Crippen LogP contribution in [0, 0.1) is 17.8 Å². The van der Waals surface area contributed by atoms with Crippen LogP contribution in [0.5, 0.6) is 5.88 Å². The number of nitrogens with zero attached hydrogens (tertiary/aromatic N) is 8. The van der Waals surface area contributed by atoms with Gasteiger partial charge >= 0.3 is 6.01 Å². The summed E-state index contributed by atoms with van der Waals surface area (Å²) < 4.78 is 12.9. The minimum atomic E-state index is 0.643. The van der Waals surface area contributed by atoms with Crippen molar-refractivity contribution in [2.75, 3.05) is 24.6 Å². The van der Waals surface area contributed by atoms with Gasteiger partial charge in [0.15, 0.2) is 5.82 Å². The molecular weight excluding hydrogens is 396 g/mol. The summed E-state index contributed by atoms with van der Waals surface area (Å²) in [5.74, 6) is 3.87. The van der Waals surface area contributed by atoms with Gasteiger partial charge in [-0.1, -0.05) is 12.1 Å². The smallest absolute Gasteiger partial charge is 0.324 e. The number of piperidine rings is 1. The van der Waals surface area contributed by atoms with Gasteiger partial charge < -0.3 is 14.2 Å². The third-order valence-electron chi connectivity index (χ3n) is 6.40. The van der Waals surface area contributed by atoms with E-state index >= 15 is 0 Å². The molecule has 0 aromatic carbocycles. The van der Waals surface area contributed by atoms with E-state index in [1.54, 1.807) is 17.2 Å². The molecule has 2 fully saturated rings. The van der Waals surface area contributed by atoms with Crippen LogP contribution in [0.1, 0.15) is 44.9 Å². The molecule has 4 heterocycles. The number of aryl methyl sites for hydroxylation is 1. The highest BCUT2D eigenvalue weighted by Crippen LogP contribution is 2.49. The van der Waals surface area contributed by atoms with Crippen LogP contribution >= 0.6 is 0 Å². The average Bonchev–Trinajstić information content (AvgIpc) is 3.18. The summed E-state index contributed by atoms with van der Waals surface area (Å²) in [4.78, 5) is 11.1. The summed E-state index contributed by atoms with van der Waals surface area (Å²) in [6.07, 6.45) is 9.99. The van der Waals surface area contributed by atoms with E-state index in [1.165, 1.54) is 19.3 Å². The zero-order valence-corrected chi connectivity index (χ0v) is 17.8. The number of anilines is 1. The summed E-state index contributed by atoms with van der Waals surface area (Å²) in [7, 11) is 0. The summed E-state index contributed by atoms with van der Waals surface area (Å²) >= 11 is 0.